The molecule has 0 unspecified atom stereocenters. The Morgan fingerprint density at radius 1 is 1.25 bits per heavy atom. The fourth-order valence-corrected chi connectivity index (χ4v) is 3.57. The molecule has 1 aliphatic heterocycles. The lowest BCUT2D eigenvalue weighted by Gasteiger charge is -2.37. The highest BCUT2D eigenvalue weighted by atomic mass is 19.1. The van der Waals surface area contributed by atoms with Crippen LogP contribution in [0.2, 0.25) is 0 Å². The van der Waals surface area contributed by atoms with Crippen molar-refractivity contribution in [2.45, 2.75) is 19.8 Å². The molecule has 0 bridgehead atoms. The Bertz CT molecular complexity index is 923. The van der Waals surface area contributed by atoms with Crippen LogP contribution < -0.4 is 4.90 Å². The smallest absolute Gasteiger partial charge is 0.212 e. The van der Waals surface area contributed by atoms with Gasteiger partial charge in [-0.15, -0.1) is 0 Å². The van der Waals surface area contributed by atoms with Crippen LogP contribution in [0.1, 0.15) is 25.3 Å². The van der Waals surface area contributed by atoms with Crippen molar-refractivity contribution >= 4 is 17.4 Å². The molecule has 0 aliphatic carbocycles. The monoisotopic (exact) mass is 378 g/mol. The summed E-state index contributed by atoms with van der Waals surface area (Å²) in [5, 5.41) is 25.7. The maximum atomic E-state index is 13.2. The summed E-state index contributed by atoms with van der Waals surface area (Å²) in [5.74, 6) is 0.371. The van der Waals surface area contributed by atoms with Crippen LogP contribution in [0.5, 0.6) is 0 Å². The molecule has 2 N–H and O–H groups in total. The zero-order chi connectivity index (χ0) is 20.3. The predicted molar refractivity (Wildman–Crippen MR) is 108 cm³/mol. The molecule has 2 heterocycles. The Hall–Kier alpha value is -3.27. The molecule has 1 aromatic heterocycles. The fraction of sp³-hybridized carbons (Fsp3) is 0.333. The Morgan fingerprint density at radius 3 is 2.54 bits per heavy atom. The van der Waals surface area contributed by atoms with Gasteiger partial charge in [-0.3, -0.25) is 10.8 Å². The van der Waals surface area contributed by atoms with E-state index in [0.717, 1.165) is 29.7 Å². The SMILES string of the molecule is CC(=N)N(C)C(=N)C1CCN(c2c(C#N)cccc2-c2ccc(F)nc2)CC1. The fourth-order valence-electron chi connectivity index (χ4n) is 3.57. The molecule has 1 aliphatic rings. The number of piperidine rings is 1. The molecule has 0 radical (unpaired) electrons. The minimum Gasteiger partial charge on any atom is -0.370 e. The van der Waals surface area contributed by atoms with Crippen LogP contribution >= 0.6 is 0 Å². The van der Waals surface area contributed by atoms with Crippen LogP contribution in [-0.4, -0.2) is 41.7 Å². The van der Waals surface area contributed by atoms with E-state index in [1.165, 1.54) is 12.3 Å². The molecule has 1 saturated heterocycles. The first-order chi connectivity index (χ1) is 13.4. The third-order valence-corrected chi connectivity index (χ3v) is 5.26. The van der Waals surface area contributed by atoms with Crippen molar-refractivity contribution in [1.82, 2.24) is 9.88 Å². The first kappa shape index (κ1) is 19.5. The van der Waals surface area contributed by atoms with Gasteiger partial charge < -0.3 is 9.80 Å². The molecule has 6 nitrogen and oxygen atoms in total. The van der Waals surface area contributed by atoms with Gasteiger partial charge in [0.2, 0.25) is 5.95 Å². The number of anilines is 1. The number of pyridine rings is 1. The third-order valence-electron chi connectivity index (χ3n) is 5.26. The zero-order valence-electron chi connectivity index (χ0n) is 16.0. The normalized spacial score (nSPS) is 14.4. The van der Waals surface area contributed by atoms with Gasteiger partial charge in [-0.05, 0) is 38.0 Å². The van der Waals surface area contributed by atoms with E-state index in [4.69, 9.17) is 10.8 Å². The highest BCUT2D eigenvalue weighted by Gasteiger charge is 2.27. The zero-order valence-corrected chi connectivity index (χ0v) is 16.0. The number of benzene rings is 1. The second-order valence-corrected chi connectivity index (χ2v) is 6.97. The van der Waals surface area contributed by atoms with E-state index in [0.29, 0.717) is 30.3 Å². The Labute approximate surface area is 164 Å². The highest BCUT2D eigenvalue weighted by molar-refractivity contribution is 5.97. The van der Waals surface area contributed by atoms with Gasteiger partial charge in [-0.2, -0.15) is 9.65 Å². The van der Waals surface area contributed by atoms with Crippen molar-refractivity contribution in [3.05, 3.63) is 48.0 Å². The number of halogens is 1. The molecule has 0 saturated carbocycles. The summed E-state index contributed by atoms with van der Waals surface area (Å²) in [6, 6.07) is 10.8. The van der Waals surface area contributed by atoms with Crippen LogP contribution in [0.15, 0.2) is 36.5 Å². The lowest BCUT2D eigenvalue weighted by molar-refractivity contribution is 0.470. The van der Waals surface area contributed by atoms with Gasteiger partial charge in [0.05, 0.1) is 17.1 Å². The molecule has 1 fully saturated rings. The van der Waals surface area contributed by atoms with Crippen LogP contribution in [0.3, 0.4) is 0 Å². The highest BCUT2D eigenvalue weighted by Crippen LogP contribution is 2.36. The summed E-state index contributed by atoms with van der Waals surface area (Å²) < 4.78 is 13.2. The number of aromatic nitrogens is 1. The molecule has 1 aromatic carbocycles. The molecule has 2 aromatic rings. The lowest BCUT2D eigenvalue weighted by atomic mass is 9.92. The molecule has 0 atom stereocenters. The van der Waals surface area contributed by atoms with E-state index in [-0.39, 0.29) is 5.92 Å². The number of nitrogens with zero attached hydrogens (tertiary/aromatic N) is 4. The largest absolute Gasteiger partial charge is 0.370 e. The second-order valence-electron chi connectivity index (χ2n) is 6.97. The van der Waals surface area contributed by atoms with Crippen molar-refractivity contribution < 1.29 is 4.39 Å². The van der Waals surface area contributed by atoms with Gasteiger partial charge in [-0.1, -0.05) is 12.1 Å². The number of amidine groups is 2. The van der Waals surface area contributed by atoms with E-state index in [9.17, 15) is 9.65 Å². The molecule has 3 rings (SSSR count). The van der Waals surface area contributed by atoms with Crippen molar-refractivity contribution in [2.75, 3.05) is 25.0 Å². The summed E-state index contributed by atoms with van der Waals surface area (Å²) >= 11 is 0. The van der Waals surface area contributed by atoms with E-state index in [1.54, 1.807) is 31.0 Å². The van der Waals surface area contributed by atoms with Crippen molar-refractivity contribution in [3.8, 4) is 17.2 Å². The summed E-state index contributed by atoms with van der Waals surface area (Å²) in [4.78, 5) is 7.52. The van der Waals surface area contributed by atoms with E-state index >= 15 is 0 Å². The first-order valence-corrected chi connectivity index (χ1v) is 9.19. The molecular weight excluding hydrogens is 355 g/mol. The number of hydrogen-bond donors (Lipinski definition) is 2. The van der Waals surface area contributed by atoms with Gasteiger partial charge in [0.1, 0.15) is 11.9 Å². The summed E-state index contributed by atoms with van der Waals surface area (Å²) in [6.45, 7) is 3.09. The Balaban J connectivity index is 1.87. The average Bonchev–Trinajstić information content (AvgIpc) is 2.72. The summed E-state index contributed by atoms with van der Waals surface area (Å²) in [7, 11) is 1.75. The average molecular weight is 378 g/mol. The lowest BCUT2D eigenvalue weighted by Crippen LogP contribution is -2.42. The van der Waals surface area contributed by atoms with Crippen LogP contribution in [0.25, 0.3) is 11.1 Å². The standard InChI is InChI=1S/C21H23FN6/c1-14(24)27(2)21(25)15-8-10-28(11-9-15)20-16(12-23)4-3-5-18(20)17-6-7-19(22)26-13-17/h3-7,13,15,24-25H,8-11H2,1-2H3. The Kier molecular flexibility index (Phi) is 5.69. The summed E-state index contributed by atoms with van der Waals surface area (Å²) in [5.41, 5.74) is 3.03. The van der Waals surface area contributed by atoms with Crippen LogP contribution in [0.4, 0.5) is 10.1 Å². The maximum Gasteiger partial charge on any atom is 0.212 e. The summed E-state index contributed by atoms with van der Waals surface area (Å²) in [6.07, 6.45) is 3.04. The molecular formula is C21H23FN6. The van der Waals surface area contributed by atoms with Crippen LogP contribution in [0, 0.1) is 34.0 Å². The minimum atomic E-state index is -0.535. The van der Waals surface area contributed by atoms with Crippen molar-refractivity contribution in [2.24, 2.45) is 5.92 Å². The number of para-hydroxylation sites is 1. The van der Waals surface area contributed by atoms with Crippen LogP contribution in [-0.2, 0) is 0 Å². The Morgan fingerprint density at radius 2 is 1.96 bits per heavy atom. The molecule has 0 spiro atoms. The molecule has 0 amide bonds. The minimum absolute atomic E-state index is 0.0896. The van der Waals surface area contributed by atoms with Gasteiger partial charge in [0.15, 0.2) is 0 Å². The van der Waals surface area contributed by atoms with E-state index < -0.39 is 5.95 Å². The van der Waals surface area contributed by atoms with Gasteiger partial charge in [0, 0.05) is 43.4 Å². The first-order valence-electron chi connectivity index (χ1n) is 9.19. The predicted octanol–water partition coefficient (Wildman–Crippen LogP) is 3.88. The quantitative estimate of drug-likeness (QED) is 0.482. The van der Waals surface area contributed by atoms with Crippen molar-refractivity contribution in [1.29, 1.82) is 16.1 Å². The third kappa shape index (κ3) is 3.86. The number of nitrogens with one attached hydrogen (secondary N) is 2. The van der Waals surface area contributed by atoms with E-state index in [2.05, 4.69) is 16.0 Å². The van der Waals surface area contributed by atoms with Gasteiger partial charge >= 0.3 is 0 Å². The number of rotatable bonds is 3. The van der Waals surface area contributed by atoms with Gasteiger partial charge in [0.25, 0.3) is 0 Å². The molecule has 144 valence electrons. The van der Waals surface area contributed by atoms with Gasteiger partial charge in [-0.25, -0.2) is 4.98 Å². The topological polar surface area (TPSA) is 90.9 Å². The number of hydrogen-bond acceptors (Lipinski definition) is 5. The number of nitriles is 1. The molecule has 28 heavy (non-hydrogen) atoms. The van der Waals surface area contributed by atoms with Crippen molar-refractivity contribution in [3.63, 3.8) is 0 Å². The second kappa shape index (κ2) is 8.17. The maximum absolute atomic E-state index is 13.2. The molecule has 7 heteroatoms. The van der Waals surface area contributed by atoms with E-state index in [1.807, 2.05) is 12.1 Å².